The van der Waals surface area contributed by atoms with E-state index in [9.17, 15) is 0 Å². The van der Waals surface area contributed by atoms with Gasteiger partial charge in [0.2, 0.25) is 5.88 Å². The third-order valence-corrected chi connectivity index (χ3v) is 2.55. The maximum absolute atomic E-state index is 5.84. The van der Waals surface area contributed by atoms with E-state index in [1.54, 1.807) is 6.07 Å². The molecule has 0 aliphatic carbocycles. The van der Waals surface area contributed by atoms with Gasteiger partial charge < -0.3 is 10.1 Å². The lowest BCUT2D eigenvalue weighted by Gasteiger charge is -2.09. The van der Waals surface area contributed by atoms with Gasteiger partial charge in [-0.2, -0.15) is 4.98 Å². The number of rotatable bonds is 4. The normalized spacial score (nSPS) is 10.7. The second-order valence-electron chi connectivity index (χ2n) is 4.03. The lowest BCUT2D eigenvalue weighted by molar-refractivity contribution is 0.459. The minimum Gasteiger partial charge on any atom is -0.438 e. The van der Waals surface area contributed by atoms with Crippen molar-refractivity contribution in [3.05, 3.63) is 47.8 Å². The van der Waals surface area contributed by atoms with Crippen LogP contribution in [0.4, 0.5) is 5.82 Å². The summed E-state index contributed by atoms with van der Waals surface area (Å²) in [6.07, 6.45) is 3.98. The Labute approximate surface area is 113 Å². The molecule has 19 heavy (non-hydrogen) atoms. The van der Waals surface area contributed by atoms with Crippen LogP contribution in [-0.4, -0.2) is 17.0 Å². The Hall–Kier alpha value is -2.36. The van der Waals surface area contributed by atoms with Gasteiger partial charge in [0, 0.05) is 18.7 Å². The summed E-state index contributed by atoms with van der Waals surface area (Å²) in [5.74, 6) is 2.73. The first-order valence-corrected chi connectivity index (χ1v) is 6.16. The van der Waals surface area contributed by atoms with Gasteiger partial charge in [0.15, 0.2) is 0 Å². The van der Waals surface area contributed by atoms with Gasteiger partial charge in [0.25, 0.3) is 0 Å². The molecular weight excluding hydrogens is 238 g/mol. The van der Waals surface area contributed by atoms with Crippen LogP contribution in [0.1, 0.15) is 18.3 Å². The second-order valence-corrected chi connectivity index (χ2v) is 4.03. The number of aromatic nitrogens is 2. The minimum absolute atomic E-state index is 0.536. The van der Waals surface area contributed by atoms with E-state index in [1.165, 1.54) is 0 Å². The van der Waals surface area contributed by atoms with Crippen LogP contribution in [0.15, 0.2) is 36.4 Å². The fourth-order valence-electron chi connectivity index (χ4n) is 1.72. The second kappa shape index (κ2) is 6.00. The zero-order chi connectivity index (χ0) is 13.7. The fraction of sp³-hybridized carbons (Fsp3) is 0.200. The van der Waals surface area contributed by atoms with Crippen molar-refractivity contribution < 1.29 is 4.74 Å². The van der Waals surface area contributed by atoms with Gasteiger partial charge in [-0.3, -0.25) is 0 Å². The molecule has 0 radical (unpaired) electrons. The molecule has 0 unspecified atom stereocenters. The Morgan fingerprint density at radius 1 is 1.21 bits per heavy atom. The number of nitrogens with zero attached hydrogens (tertiary/aromatic N) is 2. The molecule has 0 spiro atoms. The zero-order valence-corrected chi connectivity index (χ0v) is 11.3. The molecule has 4 nitrogen and oxygen atoms in total. The number of para-hydroxylation sites is 1. The van der Waals surface area contributed by atoms with Crippen LogP contribution in [-0.2, 0) is 0 Å². The lowest BCUT2D eigenvalue weighted by Crippen LogP contribution is -1.99. The number of hydrogen-bond acceptors (Lipinski definition) is 4. The van der Waals surface area contributed by atoms with Crippen molar-refractivity contribution in [2.24, 2.45) is 0 Å². The first-order chi connectivity index (χ1) is 9.22. The van der Waals surface area contributed by atoms with Crippen molar-refractivity contribution in [2.45, 2.75) is 13.8 Å². The molecule has 2 aromatic rings. The largest absolute Gasteiger partial charge is 0.438 e. The molecule has 4 heteroatoms. The van der Waals surface area contributed by atoms with Gasteiger partial charge in [0.05, 0.1) is 0 Å². The predicted octanol–water partition coefficient (Wildman–Crippen LogP) is 3.65. The van der Waals surface area contributed by atoms with Gasteiger partial charge >= 0.3 is 0 Å². The van der Waals surface area contributed by atoms with E-state index in [-0.39, 0.29) is 0 Å². The molecule has 1 N–H and O–H groups in total. The average molecular weight is 255 g/mol. The third-order valence-electron chi connectivity index (χ3n) is 2.55. The maximum atomic E-state index is 5.84. The SMILES string of the molecule is C/C=C/c1ccccc1Oc1cc(NC)nc(C)n1. The highest BCUT2D eigenvalue weighted by molar-refractivity contribution is 5.57. The van der Waals surface area contributed by atoms with E-state index >= 15 is 0 Å². The molecule has 0 atom stereocenters. The Bertz CT molecular complexity index is 594. The molecule has 1 aromatic carbocycles. The van der Waals surface area contributed by atoms with E-state index in [0.717, 1.165) is 17.1 Å². The molecule has 0 saturated heterocycles. The first-order valence-electron chi connectivity index (χ1n) is 6.16. The van der Waals surface area contributed by atoms with E-state index < -0.39 is 0 Å². The first kappa shape index (κ1) is 13.1. The monoisotopic (exact) mass is 255 g/mol. The summed E-state index contributed by atoms with van der Waals surface area (Å²) in [6.45, 7) is 3.82. The van der Waals surface area contributed by atoms with Crippen LogP contribution in [0.3, 0.4) is 0 Å². The number of nitrogens with one attached hydrogen (secondary N) is 1. The summed E-state index contributed by atoms with van der Waals surface area (Å²) >= 11 is 0. The molecule has 0 bridgehead atoms. The van der Waals surface area contributed by atoms with Gasteiger partial charge in [-0.25, -0.2) is 4.98 Å². The molecule has 0 aliphatic rings. The van der Waals surface area contributed by atoms with Crippen molar-refractivity contribution in [2.75, 3.05) is 12.4 Å². The summed E-state index contributed by atoms with van der Waals surface area (Å²) in [5, 5.41) is 2.99. The van der Waals surface area contributed by atoms with E-state index in [4.69, 9.17) is 4.74 Å². The molecule has 0 amide bonds. The molecule has 1 heterocycles. The highest BCUT2D eigenvalue weighted by atomic mass is 16.5. The molecule has 0 fully saturated rings. The Balaban J connectivity index is 2.33. The summed E-state index contributed by atoms with van der Waals surface area (Å²) in [6, 6.07) is 9.62. The fourth-order valence-corrected chi connectivity index (χ4v) is 1.72. The third kappa shape index (κ3) is 3.31. The maximum Gasteiger partial charge on any atom is 0.224 e. The van der Waals surface area contributed by atoms with E-state index in [1.807, 2.05) is 57.3 Å². The van der Waals surface area contributed by atoms with Crippen LogP contribution in [0.25, 0.3) is 6.08 Å². The predicted molar refractivity (Wildman–Crippen MR) is 77.5 cm³/mol. The standard InChI is InChI=1S/C15H17N3O/c1-4-7-12-8-5-6-9-13(12)19-15-10-14(16-3)17-11(2)18-15/h4-10H,1-3H3,(H,16,17,18)/b7-4+. The van der Waals surface area contributed by atoms with Gasteiger partial charge in [-0.05, 0) is 19.9 Å². The van der Waals surface area contributed by atoms with Gasteiger partial charge in [-0.15, -0.1) is 0 Å². The minimum atomic E-state index is 0.536. The summed E-state index contributed by atoms with van der Waals surface area (Å²) < 4.78 is 5.84. The zero-order valence-electron chi connectivity index (χ0n) is 11.3. The summed E-state index contributed by atoms with van der Waals surface area (Å²) in [7, 11) is 1.82. The van der Waals surface area contributed by atoms with Gasteiger partial charge in [-0.1, -0.05) is 30.4 Å². The number of allylic oxidation sites excluding steroid dienone is 1. The van der Waals surface area contributed by atoms with Crippen LogP contribution in [0.2, 0.25) is 0 Å². The number of ether oxygens (including phenoxy) is 1. The summed E-state index contributed by atoms with van der Waals surface area (Å²) in [4.78, 5) is 8.52. The topological polar surface area (TPSA) is 47.0 Å². The van der Waals surface area contributed by atoms with Crippen LogP contribution >= 0.6 is 0 Å². The van der Waals surface area contributed by atoms with E-state index in [0.29, 0.717) is 11.7 Å². The Morgan fingerprint density at radius 2 is 2.00 bits per heavy atom. The lowest BCUT2D eigenvalue weighted by atomic mass is 10.2. The Morgan fingerprint density at radius 3 is 2.74 bits per heavy atom. The van der Waals surface area contributed by atoms with Crippen LogP contribution in [0, 0.1) is 6.92 Å². The highest BCUT2D eigenvalue weighted by Crippen LogP contribution is 2.26. The van der Waals surface area contributed by atoms with Crippen molar-refractivity contribution in [1.82, 2.24) is 9.97 Å². The average Bonchev–Trinajstić information content (AvgIpc) is 2.40. The quantitative estimate of drug-likeness (QED) is 0.905. The molecule has 98 valence electrons. The van der Waals surface area contributed by atoms with E-state index in [2.05, 4.69) is 15.3 Å². The number of anilines is 1. The van der Waals surface area contributed by atoms with Crippen molar-refractivity contribution in [1.29, 1.82) is 0 Å². The van der Waals surface area contributed by atoms with Crippen molar-refractivity contribution >= 4 is 11.9 Å². The number of hydrogen-bond donors (Lipinski definition) is 1. The molecule has 0 saturated carbocycles. The van der Waals surface area contributed by atoms with Gasteiger partial charge in [0.1, 0.15) is 17.4 Å². The van der Waals surface area contributed by atoms with Crippen molar-refractivity contribution in [3.8, 4) is 11.6 Å². The smallest absolute Gasteiger partial charge is 0.224 e. The number of aryl methyl sites for hydroxylation is 1. The molecular formula is C15H17N3O. The van der Waals surface area contributed by atoms with Crippen molar-refractivity contribution in [3.63, 3.8) is 0 Å². The molecule has 1 aromatic heterocycles. The van der Waals surface area contributed by atoms with Crippen LogP contribution in [0.5, 0.6) is 11.6 Å². The molecule has 0 aliphatic heterocycles. The highest BCUT2D eigenvalue weighted by Gasteiger charge is 2.05. The Kier molecular flexibility index (Phi) is 4.13. The summed E-state index contributed by atoms with van der Waals surface area (Å²) in [5.41, 5.74) is 1.02. The number of benzene rings is 1. The van der Waals surface area contributed by atoms with Crippen LogP contribution < -0.4 is 10.1 Å². The molecule has 2 rings (SSSR count).